The summed E-state index contributed by atoms with van der Waals surface area (Å²) in [5.41, 5.74) is 0.956. The molecule has 16 heavy (non-hydrogen) atoms. The van der Waals surface area contributed by atoms with E-state index in [-0.39, 0.29) is 0 Å². The van der Waals surface area contributed by atoms with Crippen molar-refractivity contribution in [2.24, 2.45) is 0 Å². The first-order valence-corrected chi connectivity index (χ1v) is 6.67. The third-order valence-corrected chi connectivity index (χ3v) is 3.02. The number of nitrogens with one attached hydrogen (secondary N) is 1. The lowest BCUT2D eigenvalue weighted by Crippen LogP contribution is -2.22. The zero-order valence-corrected chi connectivity index (χ0v) is 11.3. The molecule has 1 atom stereocenters. The Bertz CT molecular complexity index is 304. The van der Waals surface area contributed by atoms with Crippen LogP contribution in [-0.4, -0.2) is 18.2 Å². The third-order valence-electron chi connectivity index (χ3n) is 2.53. The summed E-state index contributed by atoms with van der Waals surface area (Å²) >= 11 is 3.40. The normalized spacial score (nSPS) is 12.7. The van der Waals surface area contributed by atoms with Crippen molar-refractivity contribution in [2.75, 3.05) is 13.1 Å². The van der Waals surface area contributed by atoms with Crippen LogP contribution in [0.25, 0.3) is 0 Å². The first-order valence-electron chi connectivity index (χ1n) is 5.88. The molecule has 90 valence electrons. The van der Waals surface area contributed by atoms with Crippen LogP contribution in [0.15, 0.2) is 28.7 Å². The van der Waals surface area contributed by atoms with Crippen molar-refractivity contribution in [3.05, 3.63) is 34.3 Å². The molecule has 0 saturated heterocycles. The first-order chi connectivity index (χ1) is 7.74. The summed E-state index contributed by atoms with van der Waals surface area (Å²) in [4.78, 5) is 0. The Hall–Kier alpha value is -0.380. The third kappa shape index (κ3) is 5.10. The van der Waals surface area contributed by atoms with Gasteiger partial charge in [0.15, 0.2) is 0 Å². The summed E-state index contributed by atoms with van der Waals surface area (Å²) in [6.45, 7) is 3.80. The number of benzene rings is 1. The van der Waals surface area contributed by atoms with Crippen LogP contribution in [0.4, 0.5) is 0 Å². The van der Waals surface area contributed by atoms with Crippen molar-refractivity contribution >= 4 is 15.9 Å². The Kier molecular flexibility index (Phi) is 6.69. The zero-order chi connectivity index (χ0) is 11.8. The SMILES string of the molecule is CCCCCNCC(O)c1cccc(Br)c1. The van der Waals surface area contributed by atoms with Gasteiger partial charge in [-0.3, -0.25) is 0 Å². The van der Waals surface area contributed by atoms with E-state index >= 15 is 0 Å². The number of hydrogen-bond donors (Lipinski definition) is 2. The molecule has 0 fully saturated rings. The molecule has 0 bridgehead atoms. The molecule has 2 nitrogen and oxygen atoms in total. The van der Waals surface area contributed by atoms with Gasteiger partial charge in [0.05, 0.1) is 6.10 Å². The van der Waals surface area contributed by atoms with Crippen LogP contribution in [0.2, 0.25) is 0 Å². The van der Waals surface area contributed by atoms with Crippen molar-refractivity contribution < 1.29 is 5.11 Å². The summed E-state index contributed by atoms with van der Waals surface area (Å²) in [6, 6.07) is 7.81. The zero-order valence-electron chi connectivity index (χ0n) is 9.75. The van der Waals surface area contributed by atoms with Gasteiger partial charge in [0.25, 0.3) is 0 Å². The maximum Gasteiger partial charge on any atom is 0.0914 e. The summed E-state index contributed by atoms with van der Waals surface area (Å²) in [5.74, 6) is 0. The lowest BCUT2D eigenvalue weighted by molar-refractivity contribution is 0.174. The minimum atomic E-state index is -0.417. The van der Waals surface area contributed by atoms with E-state index in [1.54, 1.807) is 0 Å². The molecule has 1 aromatic rings. The first kappa shape index (κ1) is 13.7. The molecular formula is C13H20BrNO. The molecule has 0 aromatic heterocycles. The lowest BCUT2D eigenvalue weighted by atomic mass is 10.1. The molecule has 1 aromatic carbocycles. The summed E-state index contributed by atoms with van der Waals surface area (Å²) in [5, 5.41) is 13.2. The van der Waals surface area contributed by atoms with E-state index in [2.05, 4.69) is 28.2 Å². The van der Waals surface area contributed by atoms with Crippen molar-refractivity contribution in [2.45, 2.75) is 32.3 Å². The van der Waals surface area contributed by atoms with Gasteiger partial charge in [-0.25, -0.2) is 0 Å². The Morgan fingerprint density at radius 1 is 1.38 bits per heavy atom. The van der Waals surface area contributed by atoms with Gasteiger partial charge in [-0.1, -0.05) is 47.8 Å². The summed E-state index contributed by atoms with van der Waals surface area (Å²) < 4.78 is 1.01. The lowest BCUT2D eigenvalue weighted by Gasteiger charge is -2.12. The van der Waals surface area contributed by atoms with E-state index in [9.17, 15) is 5.11 Å². The molecule has 0 aliphatic heterocycles. The highest BCUT2D eigenvalue weighted by Gasteiger charge is 2.06. The van der Waals surface area contributed by atoms with Crippen LogP contribution in [-0.2, 0) is 0 Å². The fourth-order valence-electron chi connectivity index (χ4n) is 1.57. The van der Waals surface area contributed by atoms with Crippen molar-refractivity contribution in [1.29, 1.82) is 0 Å². The van der Waals surface area contributed by atoms with Crippen LogP contribution in [0.5, 0.6) is 0 Å². The van der Waals surface area contributed by atoms with Crippen LogP contribution in [0.3, 0.4) is 0 Å². The molecule has 0 radical (unpaired) electrons. The fraction of sp³-hybridized carbons (Fsp3) is 0.538. The van der Waals surface area contributed by atoms with Crippen molar-refractivity contribution in [3.63, 3.8) is 0 Å². The molecule has 0 spiro atoms. The maximum absolute atomic E-state index is 9.92. The molecule has 1 rings (SSSR count). The predicted molar refractivity (Wildman–Crippen MR) is 71.5 cm³/mol. The number of aliphatic hydroxyl groups excluding tert-OH is 1. The van der Waals surface area contributed by atoms with Crippen molar-refractivity contribution in [3.8, 4) is 0 Å². The maximum atomic E-state index is 9.92. The van der Waals surface area contributed by atoms with Gasteiger partial charge in [0.1, 0.15) is 0 Å². The standard InChI is InChI=1S/C13H20BrNO/c1-2-3-4-8-15-10-13(16)11-6-5-7-12(14)9-11/h5-7,9,13,15-16H,2-4,8,10H2,1H3. The molecule has 1 unspecified atom stereocenters. The average molecular weight is 286 g/mol. The molecule has 2 N–H and O–H groups in total. The van der Waals surface area contributed by atoms with E-state index < -0.39 is 6.10 Å². The monoisotopic (exact) mass is 285 g/mol. The molecule has 0 aliphatic carbocycles. The van der Waals surface area contributed by atoms with Gasteiger partial charge in [0, 0.05) is 11.0 Å². The topological polar surface area (TPSA) is 32.3 Å². The summed E-state index contributed by atoms with van der Waals surface area (Å²) in [7, 11) is 0. The highest BCUT2D eigenvalue weighted by molar-refractivity contribution is 9.10. The van der Waals surface area contributed by atoms with Crippen LogP contribution >= 0.6 is 15.9 Å². The highest BCUT2D eigenvalue weighted by Crippen LogP contribution is 2.17. The number of hydrogen-bond acceptors (Lipinski definition) is 2. The Labute approximate surface area is 106 Å². The minimum absolute atomic E-state index is 0.417. The number of halogens is 1. The number of aliphatic hydroxyl groups is 1. The predicted octanol–water partition coefficient (Wildman–Crippen LogP) is 3.26. The number of rotatable bonds is 7. The van der Waals surface area contributed by atoms with Gasteiger partial charge in [-0.2, -0.15) is 0 Å². The Morgan fingerprint density at radius 3 is 2.88 bits per heavy atom. The highest BCUT2D eigenvalue weighted by atomic mass is 79.9. The van der Waals surface area contributed by atoms with E-state index in [1.807, 2.05) is 24.3 Å². The van der Waals surface area contributed by atoms with Gasteiger partial charge >= 0.3 is 0 Å². The van der Waals surface area contributed by atoms with E-state index in [1.165, 1.54) is 19.3 Å². The second-order valence-electron chi connectivity index (χ2n) is 3.98. The second kappa shape index (κ2) is 7.82. The largest absolute Gasteiger partial charge is 0.387 e. The van der Waals surface area contributed by atoms with Gasteiger partial charge < -0.3 is 10.4 Å². The molecule has 0 heterocycles. The van der Waals surface area contributed by atoms with Gasteiger partial charge in [-0.05, 0) is 30.7 Å². The number of unbranched alkanes of at least 4 members (excludes halogenated alkanes) is 2. The minimum Gasteiger partial charge on any atom is -0.387 e. The van der Waals surface area contributed by atoms with Gasteiger partial charge in [-0.15, -0.1) is 0 Å². The average Bonchev–Trinajstić information content (AvgIpc) is 2.28. The van der Waals surface area contributed by atoms with Crippen molar-refractivity contribution in [1.82, 2.24) is 5.32 Å². The van der Waals surface area contributed by atoms with E-state index in [0.29, 0.717) is 6.54 Å². The van der Waals surface area contributed by atoms with Crippen LogP contribution in [0, 0.1) is 0 Å². The van der Waals surface area contributed by atoms with Crippen LogP contribution in [0.1, 0.15) is 37.9 Å². The molecule has 0 amide bonds. The quantitative estimate of drug-likeness (QED) is 0.754. The Balaban J connectivity index is 2.27. The van der Waals surface area contributed by atoms with Gasteiger partial charge in [0.2, 0.25) is 0 Å². The molecule has 0 saturated carbocycles. The van der Waals surface area contributed by atoms with Crippen LogP contribution < -0.4 is 5.32 Å². The molecule has 3 heteroatoms. The smallest absolute Gasteiger partial charge is 0.0914 e. The summed E-state index contributed by atoms with van der Waals surface area (Å²) in [6.07, 6.45) is 3.25. The molecule has 0 aliphatic rings. The van der Waals surface area contributed by atoms with E-state index in [4.69, 9.17) is 0 Å². The fourth-order valence-corrected chi connectivity index (χ4v) is 1.99. The molecular weight excluding hydrogens is 266 g/mol. The Morgan fingerprint density at radius 2 is 2.19 bits per heavy atom. The van der Waals surface area contributed by atoms with E-state index in [0.717, 1.165) is 16.6 Å². The second-order valence-corrected chi connectivity index (χ2v) is 4.90.